The van der Waals surface area contributed by atoms with Gasteiger partial charge in [0, 0.05) is 25.7 Å². The molecule has 15 heavy (non-hydrogen) atoms. The van der Waals surface area contributed by atoms with E-state index in [1.165, 1.54) is 0 Å². The lowest BCUT2D eigenvalue weighted by Gasteiger charge is -2.27. The van der Waals surface area contributed by atoms with Crippen LogP contribution in [0.2, 0.25) is 0 Å². The summed E-state index contributed by atoms with van der Waals surface area (Å²) in [5.41, 5.74) is 0. The van der Waals surface area contributed by atoms with Crippen molar-refractivity contribution in [3.63, 3.8) is 0 Å². The van der Waals surface area contributed by atoms with E-state index in [4.69, 9.17) is 4.74 Å². The largest absolute Gasteiger partial charge is 0.378 e. The van der Waals surface area contributed by atoms with Crippen molar-refractivity contribution in [1.29, 1.82) is 0 Å². The average Bonchev–Trinajstić information content (AvgIpc) is 2.31. The monoisotopic (exact) mass is 207 g/mol. The Labute approximate surface area is 90.3 Å². The van der Waals surface area contributed by atoms with Crippen molar-refractivity contribution in [3.8, 4) is 0 Å². The van der Waals surface area contributed by atoms with Crippen LogP contribution in [-0.2, 0) is 11.2 Å². The number of rotatable bonds is 3. The molecule has 2 heterocycles. The first-order valence-corrected chi connectivity index (χ1v) is 5.55. The quantitative estimate of drug-likeness (QED) is 0.748. The van der Waals surface area contributed by atoms with Gasteiger partial charge in [-0.05, 0) is 12.5 Å². The zero-order valence-corrected chi connectivity index (χ0v) is 9.15. The summed E-state index contributed by atoms with van der Waals surface area (Å²) in [5.74, 6) is 1.98. The van der Waals surface area contributed by atoms with E-state index < -0.39 is 0 Å². The molecule has 4 heteroatoms. The van der Waals surface area contributed by atoms with E-state index >= 15 is 0 Å². The molecule has 0 atom stereocenters. The van der Waals surface area contributed by atoms with Crippen LogP contribution in [0.25, 0.3) is 0 Å². The summed E-state index contributed by atoms with van der Waals surface area (Å²) in [4.78, 5) is 11.1. The Bertz CT molecular complexity index is 310. The smallest absolute Gasteiger partial charge is 0.132 e. The molecule has 0 amide bonds. The van der Waals surface area contributed by atoms with Gasteiger partial charge in [0.15, 0.2) is 0 Å². The van der Waals surface area contributed by atoms with Crippen molar-refractivity contribution >= 4 is 5.82 Å². The number of hydrogen-bond acceptors (Lipinski definition) is 4. The van der Waals surface area contributed by atoms with E-state index in [0.29, 0.717) is 0 Å². The second-order valence-electron chi connectivity index (χ2n) is 3.68. The lowest BCUT2D eigenvalue weighted by Crippen LogP contribution is -2.36. The highest BCUT2D eigenvalue weighted by Gasteiger charge is 2.12. The molecule has 0 N–H and O–H groups in total. The molecule has 1 fully saturated rings. The Balaban J connectivity index is 2.09. The first-order chi connectivity index (χ1) is 7.40. The van der Waals surface area contributed by atoms with Gasteiger partial charge in [-0.1, -0.05) is 6.92 Å². The van der Waals surface area contributed by atoms with E-state index in [0.717, 1.165) is 50.8 Å². The number of aromatic nitrogens is 2. The normalized spacial score (nSPS) is 16.7. The fourth-order valence-corrected chi connectivity index (χ4v) is 1.70. The summed E-state index contributed by atoms with van der Waals surface area (Å²) in [7, 11) is 0. The second kappa shape index (κ2) is 5.07. The van der Waals surface area contributed by atoms with Crippen LogP contribution in [-0.4, -0.2) is 36.3 Å². The van der Waals surface area contributed by atoms with E-state index in [1.807, 2.05) is 12.3 Å². The number of aryl methyl sites for hydroxylation is 1. The SMILES string of the molecule is CCCc1nccc(N2CCOCC2)n1. The lowest BCUT2D eigenvalue weighted by atomic mass is 10.3. The van der Waals surface area contributed by atoms with Crippen molar-refractivity contribution in [2.75, 3.05) is 31.2 Å². The number of ether oxygens (including phenoxy) is 1. The van der Waals surface area contributed by atoms with Crippen LogP contribution in [0.5, 0.6) is 0 Å². The highest BCUT2D eigenvalue weighted by molar-refractivity contribution is 5.37. The minimum Gasteiger partial charge on any atom is -0.378 e. The van der Waals surface area contributed by atoms with E-state index in [1.54, 1.807) is 0 Å². The van der Waals surface area contributed by atoms with Gasteiger partial charge in [-0.2, -0.15) is 0 Å². The van der Waals surface area contributed by atoms with Gasteiger partial charge in [0.1, 0.15) is 11.6 Å². The van der Waals surface area contributed by atoms with Crippen LogP contribution in [0.15, 0.2) is 12.3 Å². The predicted molar refractivity (Wildman–Crippen MR) is 59.1 cm³/mol. The molecular weight excluding hydrogens is 190 g/mol. The molecule has 1 aromatic rings. The number of anilines is 1. The van der Waals surface area contributed by atoms with Gasteiger partial charge in [-0.3, -0.25) is 0 Å². The molecule has 2 rings (SSSR count). The van der Waals surface area contributed by atoms with Gasteiger partial charge in [-0.25, -0.2) is 9.97 Å². The number of morpholine rings is 1. The summed E-state index contributed by atoms with van der Waals surface area (Å²) in [6.45, 7) is 5.61. The molecule has 4 nitrogen and oxygen atoms in total. The Morgan fingerprint density at radius 1 is 1.40 bits per heavy atom. The molecule has 1 aliphatic heterocycles. The highest BCUT2D eigenvalue weighted by atomic mass is 16.5. The van der Waals surface area contributed by atoms with Crippen LogP contribution >= 0.6 is 0 Å². The maximum absolute atomic E-state index is 5.31. The highest BCUT2D eigenvalue weighted by Crippen LogP contribution is 2.12. The molecule has 1 aromatic heterocycles. The van der Waals surface area contributed by atoms with E-state index in [-0.39, 0.29) is 0 Å². The first kappa shape index (κ1) is 10.4. The number of nitrogens with zero attached hydrogens (tertiary/aromatic N) is 3. The van der Waals surface area contributed by atoms with Gasteiger partial charge in [0.2, 0.25) is 0 Å². The topological polar surface area (TPSA) is 38.2 Å². The van der Waals surface area contributed by atoms with E-state index in [2.05, 4.69) is 21.8 Å². The van der Waals surface area contributed by atoms with Crippen molar-refractivity contribution in [3.05, 3.63) is 18.1 Å². The second-order valence-corrected chi connectivity index (χ2v) is 3.68. The third-order valence-corrected chi connectivity index (χ3v) is 2.50. The van der Waals surface area contributed by atoms with Crippen LogP contribution in [0.4, 0.5) is 5.82 Å². The summed E-state index contributed by atoms with van der Waals surface area (Å²) < 4.78 is 5.31. The molecule has 0 saturated carbocycles. The zero-order valence-electron chi connectivity index (χ0n) is 9.15. The lowest BCUT2D eigenvalue weighted by molar-refractivity contribution is 0.122. The van der Waals surface area contributed by atoms with Gasteiger partial charge < -0.3 is 9.64 Å². The summed E-state index contributed by atoms with van der Waals surface area (Å²) in [6.07, 6.45) is 3.90. The molecule has 0 unspecified atom stereocenters. The third kappa shape index (κ3) is 2.65. The van der Waals surface area contributed by atoms with Gasteiger partial charge >= 0.3 is 0 Å². The van der Waals surface area contributed by atoms with Crippen molar-refractivity contribution in [2.45, 2.75) is 19.8 Å². The van der Waals surface area contributed by atoms with E-state index in [9.17, 15) is 0 Å². The van der Waals surface area contributed by atoms with Gasteiger partial charge in [0.25, 0.3) is 0 Å². The molecular formula is C11H17N3O. The molecule has 0 aliphatic carbocycles. The summed E-state index contributed by atoms with van der Waals surface area (Å²) in [5, 5.41) is 0. The average molecular weight is 207 g/mol. The van der Waals surface area contributed by atoms with Crippen LogP contribution in [0.3, 0.4) is 0 Å². The molecule has 1 saturated heterocycles. The fourth-order valence-electron chi connectivity index (χ4n) is 1.70. The maximum atomic E-state index is 5.31. The molecule has 0 bridgehead atoms. The first-order valence-electron chi connectivity index (χ1n) is 5.55. The van der Waals surface area contributed by atoms with Crippen LogP contribution < -0.4 is 4.90 Å². The predicted octanol–water partition coefficient (Wildman–Crippen LogP) is 1.27. The Kier molecular flexibility index (Phi) is 3.50. The minimum absolute atomic E-state index is 0.799. The standard InChI is InChI=1S/C11H17N3O/c1-2-3-10-12-5-4-11(13-10)14-6-8-15-9-7-14/h4-5H,2-3,6-9H2,1H3. The Morgan fingerprint density at radius 3 is 2.93 bits per heavy atom. The molecule has 0 aromatic carbocycles. The van der Waals surface area contributed by atoms with Crippen molar-refractivity contribution in [2.24, 2.45) is 0 Å². The summed E-state index contributed by atoms with van der Waals surface area (Å²) >= 11 is 0. The van der Waals surface area contributed by atoms with Gasteiger partial charge in [0.05, 0.1) is 13.2 Å². The van der Waals surface area contributed by atoms with Crippen molar-refractivity contribution < 1.29 is 4.74 Å². The zero-order chi connectivity index (χ0) is 10.5. The third-order valence-electron chi connectivity index (χ3n) is 2.50. The van der Waals surface area contributed by atoms with Crippen molar-refractivity contribution in [1.82, 2.24) is 9.97 Å². The molecule has 0 spiro atoms. The molecule has 82 valence electrons. The Morgan fingerprint density at radius 2 is 2.20 bits per heavy atom. The fraction of sp³-hybridized carbons (Fsp3) is 0.636. The van der Waals surface area contributed by atoms with Crippen LogP contribution in [0.1, 0.15) is 19.2 Å². The summed E-state index contributed by atoms with van der Waals surface area (Å²) in [6, 6.07) is 1.98. The minimum atomic E-state index is 0.799. The van der Waals surface area contributed by atoms with Gasteiger partial charge in [-0.15, -0.1) is 0 Å². The maximum Gasteiger partial charge on any atom is 0.132 e. The Hall–Kier alpha value is -1.16. The van der Waals surface area contributed by atoms with Crippen LogP contribution in [0, 0.1) is 0 Å². The number of hydrogen-bond donors (Lipinski definition) is 0. The molecule has 0 radical (unpaired) electrons. The molecule has 1 aliphatic rings.